The van der Waals surface area contributed by atoms with Crippen molar-refractivity contribution >= 4 is 12.0 Å². The predicted octanol–water partition coefficient (Wildman–Crippen LogP) is 5.40. The topological polar surface area (TPSA) is 58.6 Å². The van der Waals surface area contributed by atoms with Crippen LogP contribution in [0.3, 0.4) is 0 Å². The number of carbonyl (C=O) groups excluding carboxylic acids is 1. The molecule has 31 heavy (non-hydrogen) atoms. The number of aliphatic hydroxyl groups excluding tert-OH is 1. The summed E-state index contributed by atoms with van der Waals surface area (Å²) >= 11 is 0. The first-order valence-corrected chi connectivity index (χ1v) is 10.5. The first kappa shape index (κ1) is 26.3. The van der Waals surface area contributed by atoms with Gasteiger partial charge in [-0.2, -0.15) is 0 Å². The van der Waals surface area contributed by atoms with Gasteiger partial charge in [0.15, 0.2) is 5.76 Å². The van der Waals surface area contributed by atoms with E-state index in [1.807, 2.05) is 26.1 Å². The zero-order chi connectivity index (χ0) is 23.1. The highest BCUT2D eigenvalue weighted by Gasteiger charge is 2.21. The fourth-order valence-electron chi connectivity index (χ4n) is 3.41. The molecule has 1 aliphatic heterocycles. The van der Waals surface area contributed by atoms with Gasteiger partial charge in [0.2, 0.25) is 0 Å². The Hall–Kier alpha value is -2.73. The van der Waals surface area contributed by atoms with Crippen LogP contribution >= 0.6 is 0 Å². The second-order valence-corrected chi connectivity index (χ2v) is 6.88. The molecular weight excluding hydrogens is 400 g/mol. The van der Waals surface area contributed by atoms with E-state index < -0.39 is 0 Å². The van der Waals surface area contributed by atoms with E-state index in [9.17, 15) is 18.7 Å². The van der Waals surface area contributed by atoms with Crippen molar-refractivity contribution in [1.29, 1.82) is 0 Å². The number of halogens is 2. The van der Waals surface area contributed by atoms with E-state index in [4.69, 9.17) is 4.74 Å². The number of nitrogens with one attached hydrogen (secondary N) is 1. The van der Waals surface area contributed by atoms with Crippen LogP contribution in [0, 0.1) is 0 Å². The Bertz CT molecular complexity index is 813. The standard InChI is InChI=1S/C13H15FO2.C10H13NO.C2H5F/c1-2-3-6-12-11(7-8-15)5-4-9-16-13(12)10-14;1-11-10-4-2-3-7-5-8(12)6-9(7)10;1-2-3/h2-3,6-8,10H,4-5,9H2,1H3;2-4,8,11-12H,5-6H2,1H3;2H2,1H3/b3-2+,11-7+,12-6-,13-10+;;. The molecule has 0 spiro atoms. The van der Waals surface area contributed by atoms with Crippen LogP contribution in [-0.4, -0.2) is 37.8 Å². The molecule has 1 heterocycles. The van der Waals surface area contributed by atoms with Gasteiger partial charge in [0, 0.05) is 24.7 Å². The van der Waals surface area contributed by atoms with Gasteiger partial charge in [-0.1, -0.05) is 30.4 Å². The molecule has 2 N–H and O–H groups in total. The molecular formula is C25H33F2NO3. The third-order valence-corrected chi connectivity index (χ3v) is 4.72. The van der Waals surface area contributed by atoms with Crippen LogP contribution < -0.4 is 5.32 Å². The molecule has 4 nitrogen and oxygen atoms in total. The van der Waals surface area contributed by atoms with Gasteiger partial charge in [-0.3, -0.25) is 9.18 Å². The third-order valence-electron chi connectivity index (χ3n) is 4.72. The Morgan fingerprint density at radius 2 is 2.03 bits per heavy atom. The van der Waals surface area contributed by atoms with Gasteiger partial charge < -0.3 is 15.2 Å². The maximum atomic E-state index is 12.7. The van der Waals surface area contributed by atoms with Crippen LogP contribution in [0.4, 0.5) is 14.5 Å². The quantitative estimate of drug-likeness (QED) is 0.495. The molecule has 0 bridgehead atoms. The van der Waals surface area contributed by atoms with Crippen LogP contribution in [0.1, 0.15) is 37.8 Å². The number of fused-ring (bicyclic) bond motifs is 1. The summed E-state index contributed by atoms with van der Waals surface area (Å²) in [6.45, 7) is 3.55. The number of ether oxygens (including phenoxy) is 1. The Labute approximate surface area is 184 Å². The minimum absolute atomic E-state index is 0.172. The summed E-state index contributed by atoms with van der Waals surface area (Å²) in [5, 5.41) is 12.6. The van der Waals surface area contributed by atoms with E-state index in [0.29, 0.717) is 18.5 Å². The minimum atomic E-state index is -0.250. The van der Waals surface area contributed by atoms with E-state index in [1.54, 1.807) is 12.2 Å². The second kappa shape index (κ2) is 15.1. The van der Waals surface area contributed by atoms with Gasteiger partial charge in [0.05, 0.1) is 19.4 Å². The highest BCUT2D eigenvalue weighted by atomic mass is 19.1. The first-order chi connectivity index (χ1) is 15.1. The fraction of sp³-hybridized carbons (Fsp3) is 0.400. The van der Waals surface area contributed by atoms with Crippen LogP contribution in [0.5, 0.6) is 0 Å². The lowest BCUT2D eigenvalue weighted by atomic mass is 10.0. The summed E-state index contributed by atoms with van der Waals surface area (Å²) in [4.78, 5) is 10.5. The molecule has 1 unspecified atom stereocenters. The Balaban J connectivity index is 0.000000282. The fourth-order valence-corrected chi connectivity index (χ4v) is 3.41. The number of rotatable bonds is 3. The Kier molecular flexibility index (Phi) is 12.8. The van der Waals surface area contributed by atoms with E-state index in [-0.39, 0.29) is 18.5 Å². The molecule has 1 aliphatic carbocycles. The number of hydrogen-bond donors (Lipinski definition) is 2. The molecule has 0 aromatic heterocycles. The summed E-state index contributed by atoms with van der Waals surface area (Å²) in [7, 11) is 1.92. The maximum Gasteiger partial charge on any atom is 0.154 e. The molecule has 6 heteroatoms. The number of carbonyl (C=O) groups is 1. The zero-order valence-corrected chi connectivity index (χ0v) is 18.5. The molecule has 3 rings (SSSR count). The van der Waals surface area contributed by atoms with Gasteiger partial charge in [0.1, 0.15) is 12.6 Å². The van der Waals surface area contributed by atoms with Gasteiger partial charge in [-0.15, -0.1) is 0 Å². The Morgan fingerprint density at radius 1 is 1.29 bits per heavy atom. The number of aldehydes is 1. The molecule has 170 valence electrons. The van der Waals surface area contributed by atoms with Crippen LogP contribution in [0.25, 0.3) is 0 Å². The molecule has 1 aromatic carbocycles. The number of alkyl halides is 1. The zero-order valence-electron chi connectivity index (χ0n) is 18.5. The number of anilines is 1. The SMILES string of the molecule is C/C=C/C=C1C(=C/C=O)/CCCOC/1=C/F.CCF.CNc1cccc2c1CC(O)C2. The lowest BCUT2D eigenvalue weighted by Gasteiger charge is -2.08. The lowest BCUT2D eigenvalue weighted by Crippen LogP contribution is -2.04. The Morgan fingerprint density at radius 3 is 2.65 bits per heavy atom. The second-order valence-electron chi connectivity index (χ2n) is 6.88. The van der Waals surface area contributed by atoms with E-state index in [2.05, 4.69) is 17.4 Å². The summed E-state index contributed by atoms with van der Waals surface area (Å²) in [5.41, 5.74) is 5.19. The highest BCUT2D eigenvalue weighted by molar-refractivity contribution is 5.69. The molecule has 2 aliphatic rings. The molecule has 1 atom stereocenters. The van der Waals surface area contributed by atoms with Crippen LogP contribution in [-0.2, 0) is 22.4 Å². The largest absolute Gasteiger partial charge is 0.491 e. The van der Waals surface area contributed by atoms with Crippen molar-refractivity contribution in [2.45, 2.75) is 45.6 Å². The normalized spacial score (nSPS) is 21.5. The van der Waals surface area contributed by atoms with Gasteiger partial charge in [-0.05, 0) is 62.0 Å². The van der Waals surface area contributed by atoms with Crippen LogP contribution in [0.15, 0.2) is 65.7 Å². The minimum Gasteiger partial charge on any atom is -0.491 e. The van der Waals surface area contributed by atoms with E-state index >= 15 is 0 Å². The molecule has 1 saturated heterocycles. The molecule has 0 saturated carbocycles. The average Bonchev–Trinajstić information content (AvgIpc) is 3.05. The summed E-state index contributed by atoms with van der Waals surface area (Å²) in [6.07, 6.45) is 11.0. The van der Waals surface area contributed by atoms with Crippen molar-refractivity contribution in [2.24, 2.45) is 0 Å². The van der Waals surface area contributed by atoms with Crippen molar-refractivity contribution < 1.29 is 23.4 Å². The molecule has 1 aromatic rings. The smallest absolute Gasteiger partial charge is 0.154 e. The van der Waals surface area contributed by atoms with Gasteiger partial charge >= 0.3 is 0 Å². The number of allylic oxidation sites excluding steroid dienone is 5. The summed E-state index contributed by atoms with van der Waals surface area (Å²) in [5.74, 6) is 0.198. The van der Waals surface area contributed by atoms with Crippen molar-refractivity contribution in [3.63, 3.8) is 0 Å². The summed E-state index contributed by atoms with van der Waals surface area (Å²) in [6, 6.07) is 6.17. The number of benzene rings is 1. The van der Waals surface area contributed by atoms with Crippen molar-refractivity contribution in [1.82, 2.24) is 0 Å². The molecule has 0 amide bonds. The van der Waals surface area contributed by atoms with Crippen molar-refractivity contribution in [3.8, 4) is 0 Å². The van der Waals surface area contributed by atoms with Crippen molar-refractivity contribution in [2.75, 3.05) is 25.6 Å². The third kappa shape index (κ3) is 8.50. The lowest BCUT2D eigenvalue weighted by molar-refractivity contribution is -0.104. The summed E-state index contributed by atoms with van der Waals surface area (Å²) < 4.78 is 28.2. The van der Waals surface area contributed by atoms with Gasteiger partial charge in [0.25, 0.3) is 0 Å². The number of aliphatic hydroxyl groups is 1. The highest BCUT2D eigenvalue weighted by Crippen LogP contribution is 2.29. The number of hydrogen-bond acceptors (Lipinski definition) is 4. The predicted molar refractivity (Wildman–Crippen MR) is 122 cm³/mol. The van der Waals surface area contributed by atoms with Crippen LogP contribution in [0.2, 0.25) is 0 Å². The molecule has 1 fully saturated rings. The monoisotopic (exact) mass is 433 g/mol. The average molecular weight is 434 g/mol. The van der Waals surface area contributed by atoms with Gasteiger partial charge in [-0.25, -0.2) is 4.39 Å². The first-order valence-electron chi connectivity index (χ1n) is 10.5. The van der Waals surface area contributed by atoms with E-state index in [0.717, 1.165) is 43.2 Å². The van der Waals surface area contributed by atoms with E-state index in [1.165, 1.54) is 24.1 Å². The molecule has 0 radical (unpaired) electrons. The van der Waals surface area contributed by atoms with Crippen molar-refractivity contribution in [3.05, 3.63) is 76.9 Å². The maximum absolute atomic E-state index is 12.7.